The van der Waals surface area contributed by atoms with E-state index in [4.69, 9.17) is 18.9 Å². The third kappa shape index (κ3) is 36.6. The molecule has 0 bridgehead atoms. The van der Waals surface area contributed by atoms with Crippen molar-refractivity contribution in [3.05, 3.63) is 36.5 Å². The van der Waals surface area contributed by atoms with E-state index in [1.54, 1.807) is 0 Å². The molecule has 0 aliphatic carbocycles. The van der Waals surface area contributed by atoms with E-state index in [1.807, 2.05) is 0 Å². The number of hydrogen-bond donors (Lipinski definition) is 4. The van der Waals surface area contributed by atoms with Crippen LogP contribution >= 0.6 is 0 Å². The molecule has 6 unspecified atom stereocenters. The van der Waals surface area contributed by atoms with Gasteiger partial charge in [-0.05, 0) is 70.6 Å². The largest absolute Gasteiger partial charge is 0.462 e. The van der Waals surface area contributed by atoms with Gasteiger partial charge in [-0.3, -0.25) is 14.1 Å². The molecule has 380 valence electrons. The van der Waals surface area contributed by atoms with Crippen LogP contribution in [0.1, 0.15) is 226 Å². The summed E-state index contributed by atoms with van der Waals surface area (Å²) in [6, 6.07) is 0. The van der Waals surface area contributed by atoms with E-state index in [0.29, 0.717) is 12.8 Å². The molecule has 12 nitrogen and oxygen atoms in total. The van der Waals surface area contributed by atoms with Gasteiger partial charge in [0.15, 0.2) is 12.4 Å². The lowest BCUT2D eigenvalue weighted by Crippen LogP contribution is -2.60. The second-order valence-corrected chi connectivity index (χ2v) is 19.7. The molecule has 0 aromatic rings. The van der Waals surface area contributed by atoms with E-state index in [1.165, 1.54) is 122 Å². The van der Waals surface area contributed by atoms with Crippen molar-refractivity contribution in [3.8, 4) is 0 Å². The normalized spacial score (nSPS) is 19.8. The SMILES string of the molecule is CCCCC/C=C\C/C=C\CCCCCCCCCCCC(=O)OC(COC(=O)CCCCCCCCC/C=C\CCCCCCCCC)COC1OC(CS(=O)(=O)O)C(O)C(O)C1O. The maximum absolute atomic E-state index is 12.9. The molecule has 0 spiro atoms. The van der Waals surface area contributed by atoms with Gasteiger partial charge >= 0.3 is 11.9 Å². The molecule has 1 heterocycles. The smallest absolute Gasteiger partial charge is 0.306 e. The van der Waals surface area contributed by atoms with Gasteiger partial charge in [0.2, 0.25) is 0 Å². The Hall–Kier alpha value is -2.13. The first kappa shape index (κ1) is 60.9. The quantitative estimate of drug-likeness (QED) is 0.0196. The first-order chi connectivity index (χ1) is 31.5. The average Bonchev–Trinajstić information content (AvgIpc) is 3.27. The Morgan fingerprint density at radius 2 is 0.923 bits per heavy atom. The minimum atomic E-state index is -4.61. The number of aliphatic hydroxyl groups excluding tert-OH is 3. The van der Waals surface area contributed by atoms with E-state index in [-0.39, 0.29) is 19.4 Å². The molecule has 13 heteroatoms. The lowest BCUT2D eigenvalue weighted by molar-refractivity contribution is -0.297. The van der Waals surface area contributed by atoms with Crippen LogP contribution in [-0.4, -0.2) is 96.0 Å². The van der Waals surface area contributed by atoms with Crippen molar-refractivity contribution in [1.29, 1.82) is 0 Å². The van der Waals surface area contributed by atoms with Crippen LogP contribution < -0.4 is 0 Å². The number of hydrogen-bond acceptors (Lipinski definition) is 11. The Morgan fingerprint density at radius 1 is 0.523 bits per heavy atom. The Morgan fingerprint density at radius 3 is 1.40 bits per heavy atom. The van der Waals surface area contributed by atoms with Crippen molar-refractivity contribution in [3.63, 3.8) is 0 Å². The predicted molar refractivity (Wildman–Crippen MR) is 261 cm³/mol. The monoisotopic (exact) mass is 943 g/mol. The fourth-order valence-electron chi connectivity index (χ4n) is 7.88. The molecule has 1 fully saturated rings. The van der Waals surface area contributed by atoms with Crippen molar-refractivity contribution < 1.29 is 56.8 Å². The zero-order valence-electron chi connectivity index (χ0n) is 40.8. The maximum Gasteiger partial charge on any atom is 0.306 e. The average molecular weight is 943 g/mol. The van der Waals surface area contributed by atoms with Gasteiger partial charge < -0.3 is 34.3 Å². The van der Waals surface area contributed by atoms with Gasteiger partial charge in [-0.2, -0.15) is 8.42 Å². The molecule has 0 radical (unpaired) electrons. The number of esters is 2. The molecule has 0 aromatic heterocycles. The molecule has 65 heavy (non-hydrogen) atoms. The van der Waals surface area contributed by atoms with Crippen LogP contribution in [0.25, 0.3) is 0 Å². The molecule has 0 amide bonds. The number of rotatable bonds is 44. The second kappa shape index (κ2) is 42.0. The van der Waals surface area contributed by atoms with Crippen molar-refractivity contribution in [2.24, 2.45) is 0 Å². The number of unbranched alkanes of at least 4 members (excludes halogenated alkanes) is 26. The summed E-state index contributed by atoms with van der Waals surface area (Å²) < 4.78 is 54.3. The van der Waals surface area contributed by atoms with E-state index < -0.39 is 71.2 Å². The highest BCUT2D eigenvalue weighted by Crippen LogP contribution is 2.24. The molecule has 0 saturated carbocycles. The van der Waals surface area contributed by atoms with Crippen LogP contribution in [0.2, 0.25) is 0 Å². The summed E-state index contributed by atoms with van der Waals surface area (Å²) in [7, 11) is -4.61. The van der Waals surface area contributed by atoms with Crippen molar-refractivity contribution in [2.45, 2.75) is 263 Å². The van der Waals surface area contributed by atoms with Gasteiger partial charge in [0.05, 0.1) is 6.61 Å². The molecule has 1 aliphatic heterocycles. The number of ether oxygens (including phenoxy) is 4. The Kier molecular flexibility index (Phi) is 39.4. The minimum absolute atomic E-state index is 0.159. The first-order valence-electron chi connectivity index (χ1n) is 26.0. The second-order valence-electron chi connectivity index (χ2n) is 18.2. The predicted octanol–water partition coefficient (Wildman–Crippen LogP) is 11.7. The summed E-state index contributed by atoms with van der Waals surface area (Å²) in [5, 5.41) is 31.0. The van der Waals surface area contributed by atoms with E-state index in [0.717, 1.165) is 64.2 Å². The van der Waals surface area contributed by atoms with Crippen LogP contribution in [-0.2, 0) is 38.7 Å². The summed E-state index contributed by atoms with van der Waals surface area (Å²) >= 11 is 0. The van der Waals surface area contributed by atoms with Crippen molar-refractivity contribution >= 4 is 22.1 Å². The summed E-state index contributed by atoms with van der Waals surface area (Å²) in [5.74, 6) is -1.99. The molecule has 1 rings (SSSR count). The zero-order chi connectivity index (χ0) is 47.6. The summed E-state index contributed by atoms with van der Waals surface area (Å²) in [6.45, 7) is 3.76. The number of allylic oxidation sites excluding steroid dienone is 6. The van der Waals surface area contributed by atoms with Crippen LogP contribution in [0.15, 0.2) is 36.5 Å². The van der Waals surface area contributed by atoms with Crippen LogP contribution in [0.3, 0.4) is 0 Å². The molecular weight excluding hydrogens is 849 g/mol. The van der Waals surface area contributed by atoms with Crippen LogP contribution in [0.5, 0.6) is 0 Å². The molecular formula is C52H94O12S. The van der Waals surface area contributed by atoms with Crippen LogP contribution in [0.4, 0.5) is 0 Å². The third-order valence-corrected chi connectivity index (χ3v) is 12.7. The highest BCUT2D eigenvalue weighted by Gasteiger charge is 2.46. The Bertz CT molecular complexity index is 1330. The summed E-state index contributed by atoms with van der Waals surface area (Å²) in [5.41, 5.74) is 0. The van der Waals surface area contributed by atoms with Gasteiger partial charge in [0.1, 0.15) is 36.8 Å². The number of carbonyl (C=O) groups excluding carboxylic acids is 2. The van der Waals surface area contributed by atoms with Gasteiger partial charge in [0, 0.05) is 12.8 Å². The Balaban J connectivity index is 2.37. The zero-order valence-corrected chi connectivity index (χ0v) is 41.7. The molecule has 6 atom stereocenters. The number of aliphatic hydroxyl groups is 3. The van der Waals surface area contributed by atoms with E-state index in [2.05, 4.69) is 50.3 Å². The minimum Gasteiger partial charge on any atom is -0.462 e. The summed E-state index contributed by atoms with van der Waals surface area (Å²) in [6.07, 6.45) is 40.3. The van der Waals surface area contributed by atoms with Gasteiger partial charge in [-0.15, -0.1) is 0 Å². The van der Waals surface area contributed by atoms with Gasteiger partial charge in [0.25, 0.3) is 10.1 Å². The molecule has 4 N–H and O–H groups in total. The van der Waals surface area contributed by atoms with Gasteiger partial charge in [-0.25, -0.2) is 0 Å². The topological polar surface area (TPSA) is 186 Å². The maximum atomic E-state index is 12.9. The highest BCUT2D eigenvalue weighted by atomic mass is 32.2. The number of carbonyl (C=O) groups is 2. The lowest BCUT2D eigenvalue weighted by atomic mass is 10.00. The van der Waals surface area contributed by atoms with Gasteiger partial charge in [-0.1, -0.05) is 179 Å². The standard InChI is InChI=1S/C52H94O12S/c1-3-5-7-9-11-13-15-17-19-21-23-25-27-29-31-33-35-37-39-41-48(54)63-45(43-62-52-51(57)50(56)49(55)46(64-52)44-65(58,59)60)42-61-47(53)40-38-36-34-32-30-28-26-24-22-20-18-16-14-12-10-8-6-4-2/h11,13,17,19-20,22,45-46,49-52,55-57H,3-10,12,14-16,18,21,23-44H2,1-2H3,(H,58,59,60)/b13-11-,19-17-,22-20-. The lowest BCUT2D eigenvalue weighted by Gasteiger charge is -2.40. The fourth-order valence-corrected chi connectivity index (χ4v) is 8.57. The fraction of sp³-hybridized carbons (Fsp3) is 0.846. The van der Waals surface area contributed by atoms with Crippen LogP contribution in [0, 0.1) is 0 Å². The molecule has 0 aromatic carbocycles. The van der Waals surface area contributed by atoms with E-state index >= 15 is 0 Å². The molecule has 1 saturated heterocycles. The Labute approximate surface area is 395 Å². The summed E-state index contributed by atoms with van der Waals surface area (Å²) in [4.78, 5) is 25.5. The van der Waals surface area contributed by atoms with E-state index in [9.17, 15) is 37.9 Å². The first-order valence-corrected chi connectivity index (χ1v) is 27.7. The highest BCUT2D eigenvalue weighted by molar-refractivity contribution is 7.85. The molecule has 1 aliphatic rings. The van der Waals surface area contributed by atoms with Crippen molar-refractivity contribution in [1.82, 2.24) is 0 Å². The third-order valence-electron chi connectivity index (χ3n) is 11.9. The van der Waals surface area contributed by atoms with Crippen molar-refractivity contribution in [2.75, 3.05) is 19.0 Å².